The van der Waals surface area contributed by atoms with Crippen LogP contribution in [0.25, 0.3) is 11.4 Å². The van der Waals surface area contributed by atoms with E-state index in [9.17, 15) is 4.79 Å². The number of halogens is 1. The van der Waals surface area contributed by atoms with Crippen molar-refractivity contribution in [3.63, 3.8) is 0 Å². The van der Waals surface area contributed by atoms with Gasteiger partial charge in [0.15, 0.2) is 0 Å². The highest BCUT2D eigenvalue weighted by atomic mass is 35.5. The van der Waals surface area contributed by atoms with Crippen LogP contribution in [0.3, 0.4) is 0 Å². The Morgan fingerprint density at radius 1 is 1.04 bits per heavy atom. The van der Waals surface area contributed by atoms with Gasteiger partial charge < -0.3 is 4.90 Å². The van der Waals surface area contributed by atoms with Crippen molar-refractivity contribution in [2.24, 2.45) is 0 Å². The molecule has 24 heavy (non-hydrogen) atoms. The summed E-state index contributed by atoms with van der Waals surface area (Å²) >= 11 is 5.99. The molecule has 0 saturated heterocycles. The fraction of sp³-hybridized carbons (Fsp3) is 0.167. The van der Waals surface area contributed by atoms with Crippen LogP contribution in [0.1, 0.15) is 16.1 Å². The van der Waals surface area contributed by atoms with Crippen LogP contribution < -0.4 is 0 Å². The maximum absolute atomic E-state index is 12.7. The van der Waals surface area contributed by atoms with Gasteiger partial charge in [0.25, 0.3) is 5.91 Å². The van der Waals surface area contributed by atoms with E-state index < -0.39 is 0 Å². The number of carbonyl (C=O) groups is 1. The second-order valence-electron chi connectivity index (χ2n) is 5.70. The quantitative estimate of drug-likeness (QED) is 0.720. The number of rotatable bonds is 2. The van der Waals surface area contributed by atoms with Crippen molar-refractivity contribution in [3.8, 4) is 11.4 Å². The van der Waals surface area contributed by atoms with Gasteiger partial charge in [0.1, 0.15) is 5.69 Å². The molecular weight excluding hydrogens is 324 g/mol. The highest BCUT2D eigenvalue weighted by Gasteiger charge is 2.23. The molecule has 1 aliphatic rings. The number of hydrogen-bond donors (Lipinski definition) is 0. The largest absolute Gasteiger partial charge is 0.331 e. The number of nitrogens with zero attached hydrogens (tertiary/aromatic N) is 4. The van der Waals surface area contributed by atoms with E-state index in [1.807, 2.05) is 33.8 Å². The zero-order chi connectivity index (χ0) is 16.5. The zero-order valence-electron chi connectivity index (χ0n) is 12.9. The molecule has 0 atom stereocenters. The lowest BCUT2D eigenvalue weighted by atomic mass is 10.1. The molecule has 6 heteroatoms. The number of amides is 1. The maximum atomic E-state index is 12.7. The van der Waals surface area contributed by atoms with Gasteiger partial charge in [-0.15, -0.1) is 0 Å². The summed E-state index contributed by atoms with van der Waals surface area (Å²) in [7, 11) is 0. The first-order valence-electron chi connectivity index (χ1n) is 7.74. The SMILES string of the molecule is O=C(c1cccc(Cl)c1)N1CCn2nc(-c3ccccn3)cc2C1. The van der Waals surface area contributed by atoms with Gasteiger partial charge >= 0.3 is 0 Å². The Kier molecular flexibility index (Phi) is 3.78. The van der Waals surface area contributed by atoms with Crippen molar-refractivity contribution in [2.45, 2.75) is 13.1 Å². The molecule has 1 amide bonds. The molecular formula is C18H15ClN4O. The van der Waals surface area contributed by atoms with Crippen LogP contribution in [-0.4, -0.2) is 32.1 Å². The third-order valence-corrected chi connectivity index (χ3v) is 4.32. The van der Waals surface area contributed by atoms with E-state index in [2.05, 4.69) is 10.1 Å². The van der Waals surface area contributed by atoms with Crippen molar-refractivity contribution in [1.82, 2.24) is 19.7 Å². The molecule has 0 saturated carbocycles. The third-order valence-electron chi connectivity index (χ3n) is 4.08. The standard InChI is InChI=1S/C18H15ClN4O/c19-14-5-3-4-13(10-14)18(24)22-8-9-23-15(12-22)11-17(21-23)16-6-1-2-7-20-16/h1-7,10-11H,8-9,12H2. The fourth-order valence-corrected chi connectivity index (χ4v) is 3.07. The van der Waals surface area contributed by atoms with Crippen molar-refractivity contribution in [1.29, 1.82) is 0 Å². The summed E-state index contributed by atoms with van der Waals surface area (Å²) < 4.78 is 1.95. The van der Waals surface area contributed by atoms with E-state index in [1.165, 1.54) is 0 Å². The first kappa shape index (κ1) is 14.9. The summed E-state index contributed by atoms with van der Waals surface area (Å²) in [5.41, 5.74) is 3.30. The smallest absolute Gasteiger partial charge is 0.254 e. The van der Waals surface area contributed by atoms with Gasteiger partial charge in [0.2, 0.25) is 0 Å². The summed E-state index contributed by atoms with van der Waals surface area (Å²) in [5, 5.41) is 5.17. The number of benzene rings is 1. The second kappa shape index (κ2) is 6.09. The lowest BCUT2D eigenvalue weighted by Gasteiger charge is -2.27. The third kappa shape index (κ3) is 2.78. The summed E-state index contributed by atoms with van der Waals surface area (Å²) in [5.74, 6) is -0.00987. The van der Waals surface area contributed by atoms with Crippen molar-refractivity contribution in [2.75, 3.05) is 6.54 Å². The van der Waals surface area contributed by atoms with Crippen LogP contribution in [0.2, 0.25) is 5.02 Å². The number of fused-ring (bicyclic) bond motifs is 1. The predicted octanol–water partition coefficient (Wildman–Crippen LogP) is 3.25. The molecule has 0 N–H and O–H groups in total. The van der Waals surface area contributed by atoms with Gasteiger partial charge in [-0.1, -0.05) is 23.7 Å². The first-order valence-corrected chi connectivity index (χ1v) is 8.11. The summed E-state index contributed by atoms with van der Waals surface area (Å²) in [6.07, 6.45) is 1.75. The van der Waals surface area contributed by atoms with Crippen molar-refractivity contribution in [3.05, 3.63) is 71.0 Å². The average Bonchev–Trinajstić information content (AvgIpc) is 3.05. The zero-order valence-corrected chi connectivity index (χ0v) is 13.6. The Hall–Kier alpha value is -2.66. The lowest BCUT2D eigenvalue weighted by molar-refractivity contribution is 0.0706. The second-order valence-corrected chi connectivity index (χ2v) is 6.13. The van der Waals surface area contributed by atoms with Crippen LogP contribution in [0.5, 0.6) is 0 Å². The Morgan fingerprint density at radius 3 is 2.75 bits per heavy atom. The van der Waals surface area contributed by atoms with Crippen LogP contribution in [0.4, 0.5) is 0 Å². The van der Waals surface area contributed by atoms with Crippen LogP contribution in [0, 0.1) is 0 Å². The van der Waals surface area contributed by atoms with Gasteiger partial charge in [-0.2, -0.15) is 5.10 Å². The molecule has 0 spiro atoms. The monoisotopic (exact) mass is 338 g/mol. The molecule has 0 fully saturated rings. The van der Waals surface area contributed by atoms with Crippen LogP contribution >= 0.6 is 11.6 Å². The summed E-state index contributed by atoms with van der Waals surface area (Å²) in [6.45, 7) is 1.83. The molecule has 120 valence electrons. The first-order chi connectivity index (χ1) is 11.7. The average molecular weight is 339 g/mol. The van der Waals surface area contributed by atoms with E-state index in [-0.39, 0.29) is 5.91 Å². The van der Waals surface area contributed by atoms with E-state index in [4.69, 9.17) is 11.6 Å². The Morgan fingerprint density at radius 2 is 1.96 bits per heavy atom. The van der Waals surface area contributed by atoms with Crippen LogP contribution in [-0.2, 0) is 13.1 Å². The minimum Gasteiger partial charge on any atom is -0.331 e. The van der Waals surface area contributed by atoms with Gasteiger partial charge in [-0.3, -0.25) is 14.5 Å². The number of hydrogen-bond acceptors (Lipinski definition) is 3. The summed E-state index contributed by atoms with van der Waals surface area (Å²) in [4.78, 5) is 18.8. The molecule has 4 rings (SSSR count). The van der Waals surface area contributed by atoms with Gasteiger partial charge in [0, 0.05) is 23.3 Å². The topological polar surface area (TPSA) is 51.0 Å². The van der Waals surface area contributed by atoms with Gasteiger partial charge in [-0.25, -0.2) is 0 Å². The molecule has 5 nitrogen and oxygen atoms in total. The highest BCUT2D eigenvalue weighted by Crippen LogP contribution is 2.22. The van der Waals surface area contributed by atoms with Gasteiger partial charge in [0.05, 0.1) is 24.5 Å². The number of carbonyl (C=O) groups excluding carboxylic acids is 1. The Balaban J connectivity index is 1.58. The molecule has 1 aromatic carbocycles. The highest BCUT2D eigenvalue weighted by molar-refractivity contribution is 6.30. The maximum Gasteiger partial charge on any atom is 0.254 e. The minimum atomic E-state index is -0.00987. The lowest BCUT2D eigenvalue weighted by Crippen LogP contribution is -2.38. The van der Waals surface area contributed by atoms with Gasteiger partial charge in [-0.05, 0) is 36.4 Å². The molecule has 0 aliphatic carbocycles. The normalized spacial score (nSPS) is 13.6. The molecule has 0 radical (unpaired) electrons. The van der Waals surface area contributed by atoms with E-state index in [0.29, 0.717) is 30.2 Å². The van der Waals surface area contributed by atoms with Crippen LogP contribution in [0.15, 0.2) is 54.7 Å². The molecule has 3 aromatic rings. The van der Waals surface area contributed by atoms with E-state index >= 15 is 0 Å². The Bertz CT molecular complexity index is 891. The van der Waals surface area contributed by atoms with E-state index in [0.717, 1.165) is 17.1 Å². The molecule has 0 bridgehead atoms. The Labute approximate surface area is 144 Å². The van der Waals surface area contributed by atoms with Crippen molar-refractivity contribution >= 4 is 17.5 Å². The number of pyridine rings is 1. The number of aromatic nitrogens is 3. The molecule has 3 heterocycles. The fourth-order valence-electron chi connectivity index (χ4n) is 2.88. The molecule has 2 aromatic heterocycles. The molecule has 0 unspecified atom stereocenters. The van der Waals surface area contributed by atoms with Crippen molar-refractivity contribution < 1.29 is 4.79 Å². The summed E-state index contributed by atoms with van der Waals surface area (Å²) in [6, 6.07) is 14.8. The minimum absolute atomic E-state index is 0.00987. The predicted molar refractivity (Wildman–Crippen MR) is 91.7 cm³/mol. The van der Waals surface area contributed by atoms with E-state index in [1.54, 1.807) is 30.5 Å². The molecule has 1 aliphatic heterocycles.